The zero-order chi connectivity index (χ0) is 28.4. The monoisotopic (exact) mass is 538 g/mol. The fraction of sp³-hybridized carbons (Fsp3) is 0.200. The second-order valence-electron chi connectivity index (χ2n) is 7.88. The van der Waals surface area contributed by atoms with E-state index in [1.807, 2.05) is 0 Å². The van der Waals surface area contributed by atoms with Crippen molar-refractivity contribution in [2.75, 3.05) is 25.7 Å². The number of rotatable bonds is 10. The summed E-state index contributed by atoms with van der Waals surface area (Å²) in [6, 6.07) is 14.6. The molecule has 1 atom stereocenters. The number of aromatic nitrogens is 5. The minimum absolute atomic E-state index is 0.0532. The van der Waals surface area contributed by atoms with Crippen molar-refractivity contribution in [3.63, 3.8) is 0 Å². The predicted molar refractivity (Wildman–Crippen MR) is 140 cm³/mol. The minimum Gasteiger partial charge on any atom is -0.497 e. The number of carboxylic acid groups (broad SMARTS) is 1. The molecule has 0 spiro atoms. The number of hydrogen-bond donors (Lipinski definition) is 5. The summed E-state index contributed by atoms with van der Waals surface area (Å²) in [5.74, 6) is 0.517. The fourth-order valence-corrected chi connectivity index (χ4v) is 3.37. The molecule has 0 saturated carbocycles. The quantitative estimate of drug-likeness (QED) is 0.148. The van der Waals surface area contributed by atoms with E-state index in [1.54, 1.807) is 54.6 Å². The van der Waals surface area contributed by atoms with Crippen LogP contribution in [0.5, 0.6) is 11.5 Å². The summed E-state index contributed by atoms with van der Waals surface area (Å²) in [6.45, 7) is 0.321. The minimum atomic E-state index is -0.833. The molecule has 0 fully saturated rings. The molecule has 2 aromatic carbocycles. The van der Waals surface area contributed by atoms with Crippen LogP contribution in [0, 0.1) is 5.41 Å². The van der Waals surface area contributed by atoms with Gasteiger partial charge in [-0.05, 0) is 54.1 Å². The number of nitrogens with zero attached hydrogens (tertiary/aromatic N) is 4. The van der Waals surface area contributed by atoms with Gasteiger partial charge in [-0.3, -0.25) is 15.2 Å². The van der Waals surface area contributed by atoms with Crippen LogP contribution >= 0.6 is 0 Å². The van der Waals surface area contributed by atoms with E-state index < -0.39 is 24.4 Å². The second-order valence-corrected chi connectivity index (χ2v) is 7.88. The Labute approximate surface area is 221 Å². The average Bonchev–Trinajstić information content (AvgIpc) is 3.31. The number of benzene rings is 2. The highest BCUT2D eigenvalue weighted by molar-refractivity contribution is 5.95. The molecule has 39 heavy (non-hydrogen) atoms. The van der Waals surface area contributed by atoms with Crippen molar-refractivity contribution < 1.29 is 23.8 Å². The molecule has 204 valence electrons. The third kappa shape index (κ3) is 7.85. The number of nitrogens with one attached hydrogen (secondary N) is 3. The third-order valence-electron chi connectivity index (χ3n) is 5.01. The molecule has 2 heterocycles. The highest BCUT2D eigenvalue weighted by atomic mass is 19.1. The second kappa shape index (κ2) is 13.3. The van der Waals surface area contributed by atoms with Crippen molar-refractivity contribution in [3.8, 4) is 17.3 Å². The molecule has 4 rings (SSSR count). The van der Waals surface area contributed by atoms with Gasteiger partial charge in [0, 0.05) is 30.4 Å². The largest absolute Gasteiger partial charge is 0.497 e. The van der Waals surface area contributed by atoms with Gasteiger partial charge in [-0.25, -0.2) is 9.18 Å². The summed E-state index contributed by atoms with van der Waals surface area (Å²) in [4.78, 5) is 24.5. The maximum atomic E-state index is 12.7. The molecule has 0 unspecified atom stereocenters. The van der Waals surface area contributed by atoms with E-state index in [-0.39, 0.29) is 24.1 Å². The first-order chi connectivity index (χ1) is 18.7. The average molecular weight is 539 g/mol. The zero-order valence-electron chi connectivity index (χ0n) is 21.1. The molecule has 0 bridgehead atoms. The molecular weight excluding hydrogens is 511 g/mol. The van der Waals surface area contributed by atoms with Crippen LogP contribution in [-0.2, 0) is 4.79 Å². The zero-order valence-corrected chi connectivity index (χ0v) is 21.1. The number of nitrogen functional groups attached to an aromatic ring is 1. The van der Waals surface area contributed by atoms with Crippen molar-refractivity contribution in [1.82, 2.24) is 25.0 Å². The molecule has 0 amide bonds. The van der Waals surface area contributed by atoms with Crippen molar-refractivity contribution in [2.45, 2.75) is 13.0 Å². The number of alkyl halides is 1. The summed E-state index contributed by atoms with van der Waals surface area (Å²) in [5, 5.41) is 30.5. The number of hydrogen-bond acceptors (Lipinski definition) is 9. The van der Waals surface area contributed by atoms with Gasteiger partial charge in [-0.2, -0.15) is 9.78 Å². The van der Waals surface area contributed by atoms with Crippen molar-refractivity contribution in [1.29, 1.82) is 5.41 Å². The number of amidine groups is 1. The summed E-state index contributed by atoms with van der Waals surface area (Å²) >= 11 is 0. The maximum Gasteiger partial charge on any atom is 0.349 e. The Bertz CT molecular complexity index is 1450. The number of aliphatic carboxylic acids is 1. The Morgan fingerprint density at radius 2 is 1.92 bits per heavy atom. The van der Waals surface area contributed by atoms with Crippen LogP contribution < -0.4 is 26.2 Å². The Hall–Kier alpha value is -5.27. The lowest BCUT2D eigenvalue weighted by Gasteiger charge is -2.20. The van der Waals surface area contributed by atoms with E-state index in [0.29, 0.717) is 28.3 Å². The molecule has 6 N–H and O–H groups in total. The summed E-state index contributed by atoms with van der Waals surface area (Å²) in [7, 11) is 1.51. The van der Waals surface area contributed by atoms with E-state index in [1.165, 1.54) is 13.3 Å². The van der Waals surface area contributed by atoms with Gasteiger partial charge in [0.1, 0.15) is 36.7 Å². The smallest absolute Gasteiger partial charge is 0.349 e. The molecule has 4 aromatic rings. The summed E-state index contributed by atoms with van der Waals surface area (Å²) in [6.07, 6.45) is 1.49. The van der Waals surface area contributed by atoms with Crippen molar-refractivity contribution in [3.05, 3.63) is 88.2 Å². The van der Waals surface area contributed by atoms with E-state index in [9.17, 15) is 9.18 Å². The van der Waals surface area contributed by atoms with Crippen LogP contribution in [0.1, 0.15) is 29.9 Å². The summed E-state index contributed by atoms with van der Waals surface area (Å²) < 4.78 is 24.7. The maximum absolute atomic E-state index is 12.7. The van der Waals surface area contributed by atoms with Crippen LogP contribution in [0.15, 0.2) is 65.6 Å². The van der Waals surface area contributed by atoms with Crippen molar-refractivity contribution in [2.24, 2.45) is 5.73 Å². The van der Waals surface area contributed by atoms with Crippen LogP contribution in [0.4, 0.5) is 10.1 Å². The van der Waals surface area contributed by atoms with E-state index in [4.69, 9.17) is 30.5 Å². The Morgan fingerprint density at radius 3 is 2.51 bits per heavy atom. The number of H-pyrrole nitrogens is 1. The Morgan fingerprint density at radius 1 is 1.23 bits per heavy atom. The Balaban J connectivity index is 0.000000983. The van der Waals surface area contributed by atoms with Gasteiger partial charge in [0.05, 0.1) is 7.11 Å². The number of ether oxygens (including phenoxy) is 2. The normalized spacial score (nSPS) is 11.1. The number of carbonyl (C=O) groups is 1. The van der Waals surface area contributed by atoms with E-state index >= 15 is 0 Å². The molecule has 0 radical (unpaired) electrons. The van der Waals surface area contributed by atoms with Crippen LogP contribution in [0.2, 0.25) is 0 Å². The van der Waals surface area contributed by atoms with Gasteiger partial charge in [0.15, 0.2) is 11.6 Å². The van der Waals surface area contributed by atoms with Gasteiger partial charge in [0.2, 0.25) is 0 Å². The van der Waals surface area contributed by atoms with Gasteiger partial charge in [0.25, 0.3) is 5.97 Å². The van der Waals surface area contributed by atoms with Crippen LogP contribution in [0.25, 0.3) is 5.82 Å². The van der Waals surface area contributed by atoms with E-state index in [2.05, 4.69) is 25.6 Å². The van der Waals surface area contributed by atoms with Crippen molar-refractivity contribution >= 4 is 17.5 Å². The molecular formula is C25H27FN8O5. The fourth-order valence-electron chi connectivity index (χ4n) is 3.37. The van der Waals surface area contributed by atoms with E-state index in [0.717, 1.165) is 11.6 Å². The highest BCUT2D eigenvalue weighted by Crippen LogP contribution is 2.31. The molecule has 13 nitrogen and oxygen atoms in total. The van der Waals surface area contributed by atoms with Gasteiger partial charge < -0.3 is 25.6 Å². The number of carboxylic acids is 1. The Kier molecular flexibility index (Phi) is 9.67. The summed E-state index contributed by atoms with van der Waals surface area (Å²) in [5.41, 5.74) is 6.92. The SMILES string of the molecule is CC(=O)O.COc1cc(OCCF)cc([C@H](Nc2ccc(C(=N)N)cc2)c2nn(-c3cccnn3)c(=O)[nH]2)c1. The standard InChI is InChI=1S/C23H23FN8O3.C2H4O2/c1-34-17-11-15(12-18(13-17)35-10-8-24)20(28-16-6-4-14(5-7-16)21(25)26)22-29-23(33)32(31-22)19-3-2-9-27-30-19;1-2(3)4/h2-7,9,11-13,20,28H,8,10H2,1H3,(H3,25,26)(H,29,31,33);1H3,(H,3,4)/t20-;/m0./s1. The number of methoxy groups -OCH3 is 1. The first kappa shape index (κ1) is 28.3. The number of aromatic amines is 1. The van der Waals surface area contributed by atoms with Crippen LogP contribution in [-0.4, -0.2) is 62.3 Å². The highest BCUT2D eigenvalue weighted by Gasteiger charge is 2.22. The molecule has 2 aromatic heterocycles. The van der Waals surface area contributed by atoms with Gasteiger partial charge in [-0.1, -0.05) is 0 Å². The lowest BCUT2D eigenvalue weighted by Crippen LogP contribution is -2.17. The topological polar surface area (TPSA) is 194 Å². The number of halogens is 1. The molecule has 0 aliphatic heterocycles. The predicted octanol–water partition coefficient (Wildman–Crippen LogP) is 2.28. The molecule has 0 aliphatic rings. The lowest BCUT2D eigenvalue weighted by atomic mass is 10.0. The first-order valence-electron chi connectivity index (χ1n) is 11.5. The first-order valence-corrected chi connectivity index (χ1v) is 11.5. The number of anilines is 1. The molecule has 14 heteroatoms. The molecule has 0 aliphatic carbocycles. The van der Waals surface area contributed by atoms with Crippen LogP contribution in [0.3, 0.4) is 0 Å². The van der Waals surface area contributed by atoms with Gasteiger partial charge >= 0.3 is 5.69 Å². The van der Waals surface area contributed by atoms with Gasteiger partial charge in [-0.15, -0.1) is 10.2 Å². The number of nitrogens with two attached hydrogens (primary N) is 1. The lowest BCUT2D eigenvalue weighted by molar-refractivity contribution is -0.134. The molecule has 0 saturated heterocycles. The third-order valence-corrected chi connectivity index (χ3v) is 5.01.